The minimum Gasteiger partial charge on any atom is -0.441 e. The van der Waals surface area contributed by atoms with Crippen LogP contribution in [-0.2, 0) is 17.6 Å². The molecule has 3 aromatic rings. The summed E-state index contributed by atoms with van der Waals surface area (Å²) in [5.74, 6) is 0.681. The molecule has 1 amide bonds. The van der Waals surface area contributed by atoms with Gasteiger partial charge in [0.1, 0.15) is 5.52 Å². The third-order valence-corrected chi connectivity index (χ3v) is 3.73. The molecule has 4 heteroatoms. The van der Waals surface area contributed by atoms with Crippen molar-refractivity contribution >= 4 is 17.0 Å². The van der Waals surface area contributed by atoms with E-state index in [1.807, 2.05) is 43.3 Å². The van der Waals surface area contributed by atoms with Crippen LogP contribution in [0.5, 0.6) is 0 Å². The van der Waals surface area contributed by atoms with Crippen molar-refractivity contribution in [1.29, 1.82) is 0 Å². The third kappa shape index (κ3) is 4.19. The van der Waals surface area contributed by atoms with Gasteiger partial charge in [-0.1, -0.05) is 36.4 Å². The van der Waals surface area contributed by atoms with Gasteiger partial charge in [0, 0.05) is 13.5 Å². The van der Waals surface area contributed by atoms with Crippen LogP contribution >= 0.6 is 0 Å². The molecule has 0 atom stereocenters. The molecule has 118 valence electrons. The highest BCUT2D eigenvalue weighted by molar-refractivity contribution is 5.81. The van der Waals surface area contributed by atoms with Crippen molar-refractivity contribution in [1.82, 2.24) is 10.3 Å². The summed E-state index contributed by atoms with van der Waals surface area (Å²) in [4.78, 5) is 16.3. The van der Waals surface area contributed by atoms with Crippen molar-refractivity contribution < 1.29 is 9.21 Å². The van der Waals surface area contributed by atoms with Crippen molar-refractivity contribution in [2.75, 3.05) is 6.54 Å². The lowest BCUT2D eigenvalue weighted by molar-refractivity contribution is -0.120. The molecule has 1 N–H and O–H groups in total. The van der Waals surface area contributed by atoms with Gasteiger partial charge < -0.3 is 9.73 Å². The molecule has 0 aliphatic carbocycles. The van der Waals surface area contributed by atoms with Gasteiger partial charge in [-0.2, -0.15) is 0 Å². The van der Waals surface area contributed by atoms with E-state index in [1.165, 1.54) is 5.56 Å². The highest BCUT2D eigenvalue weighted by atomic mass is 16.3. The van der Waals surface area contributed by atoms with Gasteiger partial charge in [0.25, 0.3) is 0 Å². The molecule has 0 unspecified atom stereocenters. The molecule has 1 aromatic heterocycles. The second kappa shape index (κ2) is 7.09. The van der Waals surface area contributed by atoms with Gasteiger partial charge in [-0.15, -0.1) is 0 Å². The number of aryl methyl sites for hydroxylation is 2. The number of carbonyl (C=O) groups excluding carboxylic acids is 1. The Bertz CT molecular complexity index is 793. The zero-order chi connectivity index (χ0) is 16.1. The van der Waals surface area contributed by atoms with Crippen LogP contribution in [0.3, 0.4) is 0 Å². The van der Waals surface area contributed by atoms with Crippen molar-refractivity contribution in [2.45, 2.75) is 26.2 Å². The second-order valence-electron chi connectivity index (χ2n) is 5.65. The zero-order valence-electron chi connectivity index (χ0n) is 13.2. The number of hydrogen-bond donors (Lipinski definition) is 1. The predicted molar refractivity (Wildman–Crippen MR) is 90.2 cm³/mol. The average Bonchev–Trinajstić information content (AvgIpc) is 2.92. The molecule has 0 fully saturated rings. The topological polar surface area (TPSA) is 55.1 Å². The number of nitrogens with zero attached hydrogens (tertiary/aromatic N) is 1. The number of hydrogen-bond acceptors (Lipinski definition) is 3. The first-order valence-corrected chi connectivity index (χ1v) is 7.87. The minimum absolute atomic E-state index is 0.0395. The largest absolute Gasteiger partial charge is 0.441 e. The Kier molecular flexibility index (Phi) is 4.71. The van der Waals surface area contributed by atoms with E-state index in [-0.39, 0.29) is 5.91 Å². The molecular weight excluding hydrogens is 288 g/mol. The quantitative estimate of drug-likeness (QED) is 0.710. The van der Waals surface area contributed by atoms with Crippen molar-refractivity contribution in [2.24, 2.45) is 0 Å². The third-order valence-electron chi connectivity index (χ3n) is 3.73. The Morgan fingerprint density at radius 1 is 1.13 bits per heavy atom. The lowest BCUT2D eigenvalue weighted by atomic mass is 10.1. The second-order valence-corrected chi connectivity index (χ2v) is 5.65. The summed E-state index contributed by atoms with van der Waals surface area (Å²) in [6.45, 7) is 2.51. The van der Waals surface area contributed by atoms with E-state index in [2.05, 4.69) is 22.4 Å². The van der Waals surface area contributed by atoms with E-state index in [1.54, 1.807) is 0 Å². The fourth-order valence-corrected chi connectivity index (χ4v) is 2.61. The molecule has 0 saturated carbocycles. The summed E-state index contributed by atoms with van der Waals surface area (Å²) < 4.78 is 5.44. The van der Waals surface area contributed by atoms with Crippen LogP contribution in [-0.4, -0.2) is 17.4 Å². The molecule has 0 bridgehead atoms. The molecular formula is C19H20N2O2. The summed E-state index contributed by atoms with van der Waals surface area (Å²) in [7, 11) is 0. The summed E-state index contributed by atoms with van der Waals surface area (Å²) >= 11 is 0. The van der Waals surface area contributed by atoms with Crippen LogP contribution in [0.1, 0.15) is 23.4 Å². The average molecular weight is 308 g/mol. The Morgan fingerprint density at radius 2 is 1.96 bits per heavy atom. The lowest BCUT2D eigenvalue weighted by Crippen LogP contribution is -2.26. The van der Waals surface area contributed by atoms with Gasteiger partial charge in [0.15, 0.2) is 11.5 Å². The predicted octanol–water partition coefficient (Wildman–Crippen LogP) is 3.43. The fourth-order valence-electron chi connectivity index (χ4n) is 2.61. The Hall–Kier alpha value is -2.62. The zero-order valence-corrected chi connectivity index (χ0v) is 13.2. The highest BCUT2D eigenvalue weighted by Crippen LogP contribution is 2.17. The van der Waals surface area contributed by atoms with E-state index in [0.29, 0.717) is 18.9 Å². The molecule has 0 aliphatic rings. The van der Waals surface area contributed by atoms with E-state index in [9.17, 15) is 4.79 Å². The minimum atomic E-state index is 0.0395. The van der Waals surface area contributed by atoms with Gasteiger partial charge >= 0.3 is 0 Å². The normalized spacial score (nSPS) is 10.8. The number of rotatable bonds is 6. The number of carbonyl (C=O) groups is 1. The summed E-state index contributed by atoms with van der Waals surface area (Å²) in [6, 6.07) is 16.0. The number of fused-ring (bicyclic) bond motifs is 1. The van der Waals surface area contributed by atoms with Crippen LogP contribution in [0, 0.1) is 6.92 Å². The number of oxazole rings is 1. The lowest BCUT2D eigenvalue weighted by Gasteiger charge is -2.05. The van der Waals surface area contributed by atoms with Crippen LogP contribution in [0.2, 0.25) is 0 Å². The van der Waals surface area contributed by atoms with E-state index in [0.717, 1.165) is 29.5 Å². The van der Waals surface area contributed by atoms with Gasteiger partial charge in [-0.05, 0) is 36.1 Å². The standard InChI is InChI=1S/C19H20N2O2/c1-14-21-17-12-16(9-10-18(17)23-14)13-19(22)20-11-5-8-15-6-3-2-4-7-15/h2-4,6-7,9-10,12H,5,8,11,13H2,1H3,(H,20,22). The van der Waals surface area contributed by atoms with Crippen LogP contribution < -0.4 is 5.32 Å². The highest BCUT2D eigenvalue weighted by Gasteiger charge is 2.07. The fraction of sp³-hybridized carbons (Fsp3) is 0.263. The van der Waals surface area contributed by atoms with Crippen LogP contribution in [0.25, 0.3) is 11.1 Å². The maximum atomic E-state index is 12.0. The summed E-state index contributed by atoms with van der Waals surface area (Å²) in [5.41, 5.74) is 3.81. The molecule has 1 heterocycles. The molecule has 0 radical (unpaired) electrons. The number of nitrogens with one attached hydrogen (secondary N) is 1. The summed E-state index contributed by atoms with van der Waals surface area (Å²) in [5, 5.41) is 2.97. The SMILES string of the molecule is Cc1nc2cc(CC(=O)NCCCc3ccccc3)ccc2o1. The van der Waals surface area contributed by atoms with Crippen LogP contribution in [0.15, 0.2) is 52.9 Å². The molecule has 0 saturated heterocycles. The smallest absolute Gasteiger partial charge is 0.224 e. The van der Waals surface area contributed by atoms with Gasteiger partial charge in [0.05, 0.1) is 6.42 Å². The number of benzene rings is 2. The van der Waals surface area contributed by atoms with Gasteiger partial charge in [-0.3, -0.25) is 4.79 Å². The molecule has 23 heavy (non-hydrogen) atoms. The van der Waals surface area contributed by atoms with Crippen LogP contribution in [0.4, 0.5) is 0 Å². The van der Waals surface area contributed by atoms with Gasteiger partial charge in [-0.25, -0.2) is 4.98 Å². The Balaban J connectivity index is 1.46. The Labute approximate surface area is 135 Å². The van der Waals surface area contributed by atoms with E-state index < -0.39 is 0 Å². The molecule has 2 aromatic carbocycles. The van der Waals surface area contributed by atoms with Crippen molar-refractivity contribution in [3.8, 4) is 0 Å². The van der Waals surface area contributed by atoms with Crippen molar-refractivity contribution in [3.63, 3.8) is 0 Å². The first-order chi connectivity index (χ1) is 11.2. The van der Waals surface area contributed by atoms with Crippen molar-refractivity contribution in [3.05, 3.63) is 65.5 Å². The van der Waals surface area contributed by atoms with E-state index in [4.69, 9.17) is 4.42 Å². The molecule has 0 aliphatic heterocycles. The maximum absolute atomic E-state index is 12.0. The number of amides is 1. The van der Waals surface area contributed by atoms with E-state index >= 15 is 0 Å². The molecule has 0 spiro atoms. The Morgan fingerprint density at radius 3 is 2.78 bits per heavy atom. The molecule has 3 rings (SSSR count). The summed E-state index contributed by atoms with van der Waals surface area (Å²) in [6.07, 6.45) is 2.29. The molecule has 4 nitrogen and oxygen atoms in total. The van der Waals surface area contributed by atoms with Gasteiger partial charge in [0.2, 0.25) is 5.91 Å². The first-order valence-electron chi connectivity index (χ1n) is 7.87. The number of aromatic nitrogens is 1. The monoisotopic (exact) mass is 308 g/mol. The first kappa shape index (κ1) is 15.3. The maximum Gasteiger partial charge on any atom is 0.224 e.